The Bertz CT molecular complexity index is 1410. The molecule has 2 aromatic carbocycles. The van der Waals surface area contributed by atoms with E-state index in [4.69, 9.17) is 0 Å². The molecule has 0 unspecified atom stereocenters. The Morgan fingerprint density at radius 2 is 0.532 bits per heavy atom. The summed E-state index contributed by atoms with van der Waals surface area (Å²) in [5.41, 5.74) is -33.4. The highest BCUT2D eigenvalue weighted by Crippen LogP contribution is 2.53. The SMILES string of the molecule is C[Si](O)(c1cc(C(F)(F)F)c(C(F)(F)F)c(C(F)(F)F)c1C(F)(F)F)c1cc(C(F)(F)F)c(C(F)(F)F)c(C(F)(F)F)c1C(F)(F)F. The fourth-order valence-electron chi connectivity index (χ4n) is 4.47. The number of rotatable bonds is 2. The van der Waals surface area contributed by atoms with Crippen LogP contribution in [0.3, 0.4) is 0 Å². The average Bonchev–Trinajstić information content (AvgIpc) is 2.76. The summed E-state index contributed by atoms with van der Waals surface area (Å²) in [7, 11) is -7.54. The van der Waals surface area contributed by atoms with Gasteiger partial charge in [0.05, 0.1) is 44.5 Å². The average molecular weight is 758 g/mol. The first-order valence-electron chi connectivity index (χ1n) is 10.9. The summed E-state index contributed by atoms with van der Waals surface area (Å²) in [6, 6.07) is -3.46. The van der Waals surface area contributed by atoms with E-state index < -0.39 is 131 Å². The molecule has 0 aromatic heterocycles. The van der Waals surface area contributed by atoms with Crippen molar-refractivity contribution in [1.82, 2.24) is 0 Å². The lowest BCUT2D eigenvalue weighted by atomic mass is 9.93. The van der Waals surface area contributed by atoms with Crippen molar-refractivity contribution in [3.8, 4) is 0 Å². The van der Waals surface area contributed by atoms with Crippen LogP contribution >= 0.6 is 0 Å². The van der Waals surface area contributed by atoms with E-state index in [-0.39, 0.29) is 0 Å². The third-order valence-electron chi connectivity index (χ3n) is 6.02. The Balaban J connectivity index is 3.65. The van der Waals surface area contributed by atoms with Gasteiger partial charge in [0, 0.05) is 0 Å². The molecule has 0 fully saturated rings. The summed E-state index contributed by atoms with van der Waals surface area (Å²) >= 11 is 0. The van der Waals surface area contributed by atoms with Gasteiger partial charge in [-0.2, -0.15) is 105 Å². The van der Waals surface area contributed by atoms with Crippen molar-refractivity contribution in [2.24, 2.45) is 0 Å². The molecule has 0 aliphatic rings. The van der Waals surface area contributed by atoms with Gasteiger partial charge in [0.15, 0.2) is 0 Å². The molecule has 0 heterocycles. The molecule has 268 valence electrons. The molecule has 0 aliphatic heterocycles. The molecule has 0 radical (unpaired) electrons. The quantitative estimate of drug-likeness (QED) is 0.239. The summed E-state index contributed by atoms with van der Waals surface area (Å²) in [6.07, 6.45) is -56.9. The molecular formula is C21H6F24OSi. The van der Waals surface area contributed by atoms with Crippen LogP contribution in [0.5, 0.6) is 0 Å². The van der Waals surface area contributed by atoms with Gasteiger partial charge in [0.25, 0.3) is 8.32 Å². The largest absolute Gasteiger partial charge is 0.424 e. The molecule has 0 amide bonds. The minimum Gasteiger partial charge on any atom is -0.424 e. The molecule has 0 aliphatic carbocycles. The number of hydrogen-bond donors (Lipinski definition) is 1. The Morgan fingerprint density at radius 3 is 0.681 bits per heavy atom. The van der Waals surface area contributed by atoms with Gasteiger partial charge in [0.1, 0.15) is 0 Å². The second kappa shape index (κ2) is 11.0. The second-order valence-corrected chi connectivity index (χ2v) is 12.5. The number of alkyl halides is 24. The van der Waals surface area contributed by atoms with Crippen LogP contribution in [0.4, 0.5) is 105 Å². The van der Waals surface area contributed by atoms with Gasteiger partial charge in [-0.25, -0.2) is 0 Å². The third-order valence-corrected chi connectivity index (χ3v) is 8.90. The van der Waals surface area contributed by atoms with Gasteiger partial charge in [-0.1, -0.05) is 0 Å². The van der Waals surface area contributed by atoms with E-state index in [0.717, 1.165) is 0 Å². The van der Waals surface area contributed by atoms with E-state index in [1.165, 1.54) is 0 Å². The first-order chi connectivity index (χ1) is 20.2. The first kappa shape index (κ1) is 40.1. The van der Waals surface area contributed by atoms with E-state index in [1.807, 2.05) is 0 Å². The van der Waals surface area contributed by atoms with Crippen molar-refractivity contribution in [1.29, 1.82) is 0 Å². The minimum atomic E-state index is -7.54. The van der Waals surface area contributed by atoms with E-state index in [9.17, 15) is 110 Å². The summed E-state index contributed by atoms with van der Waals surface area (Å²) in [4.78, 5) is 10.8. The molecule has 2 aromatic rings. The van der Waals surface area contributed by atoms with Crippen LogP contribution < -0.4 is 10.4 Å². The highest BCUT2D eigenvalue weighted by atomic mass is 28.4. The molecule has 0 atom stereocenters. The van der Waals surface area contributed by atoms with E-state index in [2.05, 4.69) is 0 Å². The van der Waals surface area contributed by atoms with Crippen LogP contribution in [0.25, 0.3) is 0 Å². The highest BCUT2D eigenvalue weighted by Gasteiger charge is 2.61. The van der Waals surface area contributed by atoms with Gasteiger partial charge in [-0.3, -0.25) is 0 Å². The molecule has 26 heteroatoms. The minimum absolute atomic E-state index is 0.788. The smallest absolute Gasteiger partial charge is 0.417 e. The Hall–Kier alpha value is -3.06. The normalized spacial score (nSPS) is 15.0. The maximum atomic E-state index is 14.0. The second-order valence-electron chi connectivity index (χ2n) is 9.25. The summed E-state index contributed by atoms with van der Waals surface area (Å²) in [5.74, 6) is 0. The predicted octanol–water partition coefficient (Wildman–Crippen LogP) is 9.52. The van der Waals surface area contributed by atoms with Crippen molar-refractivity contribution < 1.29 is 110 Å². The molecular weight excluding hydrogens is 752 g/mol. The van der Waals surface area contributed by atoms with E-state index in [1.54, 1.807) is 0 Å². The van der Waals surface area contributed by atoms with Gasteiger partial charge in [0.2, 0.25) is 0 Å². The van der Waals surface area contributed by atoms with Crippen LogP contribution in [0.2, 0.25) is 6.55 Å². The maximum Gasteiger partial charge on any atom is 0.417 e. The molecule has 0 spiro atoms. The summed E-state index contributed by atoms with van der Waals surface area (Å²) in [5, 5.41) is -6.77. The zero-order chi connectivity index (χ0) is 37.7. The topological polar surface area (TPSA) is 20.2 Å². The monoisotopic (exact) mass is 758 g/mol. The van der Waals surface area contributed by atoms with Crippen molar-refractivity contribution in [2.75, 3.05) is 0 Å². The molecule has 0 saturated carbocycles. The van der Waals surface area contributed by atoms with E-state index >= 15 is 0 Å². The lowest BCUT2D eigenvalue weighted by Gasteiger charge is -2.34. The lowest BCUT2D eigenvalue weighted by molar-refractivity contribution is -0.182. The molecule has 1 N–H and O–H groups in total. The molecule has 1 nitrogen and oxygen atoms in total. The maximum absolute atomic E-state index is 14.0. The van der Waals surface area contributed by atoms with Crippen molar-refractivity contribution >= 4 is 18.7 Å². The molecule has 47 heavy (non-hydrogen) atoms. The number of hydrogen-bond acceptors (Lipinski definition) is 1. The predicted molar refractivity (Wildman–Crippen MR) is 106 cm³/mol. The van der Waals surface area contributed by atoms with Gasteiger partial charge in [-0.15, -0.1) is 0 Å². The van der Waals surface area contributed by atoms with Crippen LogP contribution in [-0.2, 0) is 49.4 Å². The van der Waals surface area contributed by atoms with Crippen molar-refractivity contribution in [2.45, 2.75) is 56.0 Å². The molecule has 0 bridgehead atoms. The standard InChI is InChI=1S/C21H6F24OSi/c1-47(46,6-2-4(14(22,23)24)8(16(28,29)30)12(20(40,41)42)10(6)18(34,35)36)7-3-5(15(25,26)27)9(17(31,32)33)13(21(43,44)45)11(7)19(37,38)39/h2-3,46H,1H3. The summed E-state index contributed by atoms with van der Waals surface area (Å²) < 4.78 is 329. The lowest BCUT2D eigenvalue weighted by Crippen LogP contribution is -2.61. The van der Waals surface area contributed by atoms with Gasteiger partial charge in [-0.05, 0) is 29.1 Å². The molecule has 0 saturated heterocycles. The van der Waals surface area contributed by atoms with Crippen molar-refractivity contribution in [3.05, 3.63) is 56.6 Å². The number of benzene rings is 2. The zero-order valence-corrected chi connectivity index (χ0v) is 22.2. The Morgan fingerprint density at radius 1 is 0.340 bits per heavy atom. The first-order valence-corrected chi connectivity index (χ1v) is 13.4. The number of halogens is 24. The fourth-order valence-corrected chi connectivity index (χ4v) is 7.12. The highest BCUT2D eigenvalue weighted by molar-refractivity contribution is 6.96. The zero-order valence-electron chi connectivity index (χ0n) is 21.2. The van der Waals surface area contributed by atoms with Crippen LogP contribution in [-0.4, -0.2) is 13.1 Å². The Kier molecular flexibility index (Phi) is 9.37. The van der Waals surface area contributed by atoms with E-state index in [0.29, 0.717) is 0 Å². The Labute approximate surface area is 242 Å². The van der Waals surface area contributed by atoms with Gasteiger partial charge >= 0.3 is 49.4 Å². The summed E-state index contributed by atoms with van der Waals surface area (Å²) in [6.45, 7) is -0.788. The van der Waals surface area contributed by atoms with Crippen LogP contribution in [0.15, 0.2) is 12.1 Å². The third kappa shape index (κ3) is 7.66. The van der Waals surface area contributed by atoms with Crippen LogP contribution in [0.1, 0.15) is 44.5 Å². The molecule has 2 rings (SSSR count). The van der Waals surface area contributed by atoms with Crippen LogP contribution in [0, 0.1) is 0 Å². The fraction of sp³-hybridized carbons (Fsp3) is 0.429. The van der Waals surface area contributed by atoms with Crippen molar-refractivity contribution in [3.63, 3.8) is 0 Å². The van der Waals surface area contributed by atoms with Gasteiger partial charge < -0.3 is 4.80 Å².